The van der Waals surface area contributed by atoms with Gasteiger partial charge in [0, 0.05) is 32.5 Å². The number of hydrogen-bond donors (Lipinski definition) is 0. The van der Waals surface area contributed by atoms with Crippen molar-refractivity contribution in [3.05, 3.63) is 151 Å². The molecule has 7 aromatic carbocycles. The quantitative estimate of drug-likeness (QED) is 0.201. The van der Waals surface area contributed by atoms with Crippen LogP contribution in [0.1, 0.15) is 5.56 Å². The molecule has 0 amide bonds. The molecule has 0 radical (unpaired) electrons. The molecule has 0 unspecified atom stereocenters. The largest absolute Gasteiger partial charge is 0.455 e. The Bertz CT molecular complexity index is 2560. The second kappa shape index (κ2) is 9.65. The van der Waals surface area contributed by atoms with Crippen LogP contribution in [0.25, 0.3) is 87.9 Å². The fraction of sp³-hybridized carbons (Fsp3) is 0.0238. The maximum atomic E-state index is 6.62. The smallest absolute Gasteiger partial charge is 0.143 e. The van der Waals surface area contributed by atoms with Gasteiger partial charge < -0.3 is 4.42 Å². The van der Waals surface area contributed by atoms with Gasteiger partial charge in [-0.15, -0.1) is 0 Å². The summed E-state index contributed by atoms with van der Waals surface area (Å²) in [5, 5.41) is 8.20. The van der Waals surface area contributed by atoms with Crippen LogP contribution in [-0.4, -0.2) is 4.98 Å². The summed E-state index contributed by atoms with van der Waals surface area (Å²) in [6.45, 7) is 2.16. The number of pyridine rings is 1. The molecule has 206 valence electrons. The van der Waals surface area contributed by atoms with E-state index in [1.165, 1.54) is 32.8 Å². The van der Waals surface area contributed by atoms with E-state index in [0.29, 0.717) is 0 Å². The van der Waals surface area contributed by atoms with Crippen LogP contribution in [0.2, 0.25) is 0 Å². The van der Waals surface area contributed by atoms with Crippen LogP contribution < -0.4 is 0 Å². The van der Waals surface area contributed by atoms with E-state index < -0.39 is 0 Å². The number of aryl methyl sites for hydroxylation is 1. The number of nitrogens with zero attached hydrogens (tertiary/aromatic N) is 1. The second-order valence-corrected chi connectivity index (χ2v) is 11.6. The maximum Gasteiger partial charge on any atom is 0.143 e. The van der Waals surface area contributed by atoms with Crippen LogP contribution in [0, 0.1) is 6.92 Å². The minimum Gasteiger partial charge on any atom is -0.455 e. The van der Waals surface area contributed by atoms with E-state index in [9.17, 15) is 0 Å². The molecule has 2 heterocycles. The lowest BCUT2D eigenvalue weighted by Crippen LogP contribution is -1.89. The van der Waals surface area contributed by atoms with E-state index in [4.69, 9.17) is 9.40 Å². The summed E-state index contributed by atoms with van der Waals surface area (Å²) >= 11 is 0. The second-order valence-electron chi connectivity index (χ2n) is 11.6. The summed E-state index contributed by atoms with van der Waals surface area (Å²) in [7, 11) is 0. The highest BCUT2D eigenvalue weighted by Gasteiger charge is 2.16. The molecule has 0 bridgehead atoms. The molecule has 0 N–H and O–H groups in total. The molecule has 0 aliphatic rings. The molecule has 0 aliphatic heterocycles. The van der Waals surface area contributed by atoms with E-state index in [0.717, 1.165) is 60.6 Å². The third-order valence-electron chi connectivity index (χ3n) is 8.97. The SMILES string of the molecule is Cc1cccc2ccc3ccc(-c4cccc(-c5ccc6c(c5)oc5c7ccccc7c(-c7ccccc7)cc65)c4)nc3c12. The van der Waals surface area contributed by atoms with E-state index in [1.54, 1.807) is 0 Å². The minimum atomic E-state index is 0.893. The molecule has 0 fully saturated rings. The molecule has 44 heavy (non-hydrogen) atoms. The first-order valence-electron chi connectivity index (χ1n) is 15.0. The first kappa shape index (κ1) is 24.8. The van der Waals surface area contributed by atoms with Crippen LogP contribution in [0.15, 0.2) is 150 Å². The Hall–Kier alpha value is -5.73. The molecular formula is C42H27NO. The third-order valence-corrected chi connectivity index (χ3v) is 8.97. The molecule has 0 saturated carbocycles. The molecule has 9 rings (SSSR count). The Morgan fingerprint density at radius 1 is 0.477 bits per heavy atom. The highest BCUT2D eigenvalue weighted by molar-refractivity contribution is 6.19. The van der Waals surface area contributed by atoms with Crippen molar-refractivity contribution in [2.45, 2.75) is 6.92 Å². The summed E-state index contributed by atoms with van der Waals surface area (Å²) < 4.78 is 6.62. The Balaban J connectivity index is 1.18. The van der Waals surface area contributed by atoms with Gasteiger partial charge in [-0.25, -0.2) is 4.98 Å². The highest BCUT2D eigenvalue weighted by Crippen LogP contribution is 2.41. The lowest BCUT2D eigenvalue weighted by atomic mass is 9.95. The highest BCUT2D eigenvalue weighted by atomic mass is 16.3. The molecule has 2 nitrogen and oxygen atoms in total. The van der Waals surface area contributed by atoms with Gasteiger partial charge in [0.2, 0.25) is 0 Å². The first-order chi connectivity index (χ1) is 21.7. The topological polar surface area (TPSA) is 26.0 Å². The standard InChI is InChI=1S/C42H27NO/c1-26-9-7-12-28-17-18-29-20-22-38(43-41(29)40(26)28)32-14-8-13-30(23-32)31-19-21-34-37-25-36(27-10-3-2-4-11-27)33-15-5-6-16-35(33)42(37)44-39(34)24-31/h2-25H,1H3. The monoisotopic (exact) mass is 561 g/mol. The van der Waals surface area contributed by atoms with Crippen molar-refractivity contribution in [3.8, 4) is 33.5 Å². The fourth-order valence-electron chi connectivity index (χ4n) is 6.79. The number of hydrogen-bond acceptors (Lipinski definition) is 2. The van der Waals surface area contributed by atoms with E-state index >= 15 is 0 Å². The molecule has 9 aromatic rings. The van der Waals surface area contributed by atoms with Crippen molar-refractivity contribution in [1.29, 1.82) is 0 Å². The summed E-state index contributed by atoms with van der Waals surface area (Å²) in [6.07, 6.45) is 0. The molecular weight excluding hydrogens is 534 g/mol. The van der Waals surface area contributed by atoms with Gasteiger partial charge in [-0.05, 0) is 75.8 Å². The van der Waals surface area contributed by atoms with Crippen LogP contribution in [-0.2, 0) is 0 Å². The van der Waals surface area contributed by atoms with Gasteiger partial charge >= 0.3 is 0 Å². The Morgan fingerprint density at radius 2 is 1.20 bits per heavy atom. The van der Waals surface area contributed by atoms with Crippen LogP contribution in [0.5, 0.6) is 0 Å². The average molecular weight is 562 g/mol. The molecule has 2 aromatic heterocycles. The number of furan rings is 1. The summed E-state index contributed by atoms with van der Waals surface area (Å²) in [5.41, 5.74) is 10.9. The van der Waals surface area contributed by atoms with Gasteiger partial charge in [-0.3, -0.25) is 0 Å². The predicted molar refractivity (Wildman–Crippen MR) is 185 cm³/mol. The molecule has 0 atom stereocenters. The van der Waals surface area contributed by atoms with Crippen molar-refractivity contribution in [3.63, 3.8) is 0 Å². The normalized spacial score (nSPS) is 11.8. The Labute approximate surface area is 254 Å². The van der Waals surface area contributed by atoms with Gasteiger partial charge in [0.15, 0.2) is 0 Å². The van der Waals surface area contributed by atoms with Crippen molar-refractivity contribution in [2.24, 2.45) is 0 Å². The van der Waals surface area contributed by atoms with Gasteiger partial charge in [0.25, 0.3) is 0 Å². The van der Waals surface area contributed by atoms with E-state index in [-0.39, 0.29) is 0 Å². The van der Waals surface area contributed by atoms with Crippen molar-refractivity contribution in [1.82, 2.24) is 4.98 Å². The Morgan fingerprint density at radius 3 is 2.11 bits per heavy atom. The summed E-state index contributed by atoms with van der Waals surface area (Å²) in [5.74, 6) is 0. The third kappa shape index (κ3) is 3.85. The first-order valence-corrected chi connectivity index (χ1v) is 15.0. The average Bonchev–Trinajstić information content (AvgIpc) is 3.46. The van der Waals surface area contributed by atoms with Crippen LogP contribution >= 0.6 is 0 Å². The molecule has 0 aliphatic carbocycles. The molecule has 0 spiro atoms. The minimum absolute atomic E-state index is 0.893. The van der Waals surface area contributed by atoms with Gasteiger partial charge in [-0.2, -0.15) is 0 Å². The number of aromatic nitrogens is 1. The number of fused-ring (bicyclic) bond motifs is 8. The lowest BCUT2D eigenvalue weighted by molar-refractivity contribution is 0.673. The molecule has 2 heteroatoms. The van der Waals surface area contributed by atoms with E-state index in [2.05, 4.69) is 153 Å². The van der Waals surface area contributed by atoms with Crippen molar-refractivity contribution in [2.75, 3.05) is 0 Å². The zero-order valence-electron chi connectivity index (χ0n) is 24.2. The predicted octanol–water partition coefficient (Wildman–Crippen LogP) is 11.8. The summed E-state index contributed by atoms with van der Waals surface area (Å²) in [4.78, 5) is 5.19. The fourth-order valence-corrected chi connectivity index (χ4v) is 6.79. The van der Waals surface area contributed by atoms with Crippen LogP contribution in [0.3, 0.4) is 0 Å². The van der Waals surface area contributed by atoms with Gasteiger partial charge in [0.1, 0.15) is 11.2 Å². The van der Waals surface area contributed by atoms with E-state index in [1.807, 2.05) is 0 Å². The van der Waals surface area contributed by atoms with Crippen LogP contribution in [0.4, 0.5) is 0 Å². The molecule has 0 saturated heterocycles. The number of benzene rings is 7. The summed E-state index contributed by atoms with van der Waals surface area (Å²) in [6, 6.07) is 51.8. The zero-order chi connectivity index (χ0) is 29.2. The zero-order valence-corrected chi connectivity index (χ0v) is 24.2. The van der Waals surface area contributed by atoms with Crippen molar-refractivity contribution >= 4 is 54.4 Å². The Kier molecular flexibility index (Phi) is 5.45. The maximum absolute atomic E-state index is 6.62. The lowest BCUT2D eigenvalue weighted by Gasteiger charge is -2.10. The number of rotatable bonds is 3. The van der Waals surface area contributed by atoms with Crippen molar-refractivity contribution < 1.29 is 4.42 Å². The van der Waals surface area contributed by atoms with Gasteiger partial charge in [0.05, 0.1) is 11.2 Å². The van der Waals surface area contributed by atoms with Gasteiger partial charge in [-0.1, -0.05) is 115 Å².